The van der Waals surface area contributed by atoms with Gasteiger partial charge in [-0.25, -0.2) is 0 Å². The Labute approximate surface area is 330 Å². The van der Waals surface area contributed by atoms with Crippen LogP contribution < -0.4 is 15.4 Å². The van der Waals surface area contributed by atoms with E-state index in [1.54, 1.807) is 0 Å². The molecule has 2 heterocycles. The van der Waals surface area contributed by atoms with E-state index in [1.807, 2.05) is 12.1 Å². The number of hydrogen-bond acceptors (Lipinski definition) is 8. The van der Waals surface area contributed by atoms with Crippen molar-refractivity contribution in [2.75, 3.05) is 26.8 Å². The predicted octanol–water partition coefficient (Wildman–Crippen LogP) is 9.06. The minimum atomic E-state index is -1.60. The maximum Gasteiger partial charge on any atom is 0.311 e. The van der Waals surface area contributed by atoms with Gasteiger partial charge in [0, 0.05) is 24.0 Å². The van der Waals surface area contributed by atoms with Gasteiger partial charge in [-0.2, -0.15) is 0 Å². The Morgan fingerprint density at radius 3 is 2.24 bits per heavy atom. The highest BCUT2D eigenvalue weighted by atomic mass is 79.9. The van der Waals surface area contributed by atoms with E-state index in [9.17, 15) is 14.7 Å². The molecule has 0 saturated carbocycles. The number of oxime groups is 1. The van der Waals surface area contributed by atoms with Gasteiger partial charge in [-0.15, -0.1) is 0 Å². The number of aliphatic hydroxyl groups excluding tert-OH is 1. The lowest BCUT2D eigenvalue weighted by atomic mass is 10.0. The zero-order valence-corrected chi connectivity index (χ0v) is 35.6. The Kier molecular flexibility index (Phi) is 19.2. The monoisotopic (exact) mass is 953 g/mol. The molecule has 0 unspecified atom stereocenters. The van der Waals surface area contributed by atoms with Crippen LogP contribution in [0.2, 0.25) is 0 Å². The largest absolute Gasteiger partial charge is 0.495 e. The summed E-state index contributed by atoms with van der Waals surface area (Å²) in [6.45, 7) is 5.78. The number of methoxy groups -OCH3 is 1. The van der Waals surface area contributed by atoms with Crippen molar-refractivity contribution in [3.8, 4) is 5.75 Å². The number of ether oxygens (including phenoxy) is 3. The van der Waals surface area contributed by atoms with Crippen LogP contribution >= 0.6 is 63.7 Å². The zero-order chi connectivity index (χ0) is 36.5. The van der Waals surface area contributed by atoms with E-state index in [0.717, 1.165) is 33.3 Å². The summed E-state index contributed by atoms with van der Waals surface area (Å²) < 4.78 is 19.7. The van der Waals surface area contributed by atoms with Gasteiger partial charge in [0.25, 0.3) is 5.91 Å². The van der Waals surface area contributed by atoms with Gasteiger partial charge in [0.15, 0.2) is 11.8 Å². The third-order valence-corrected chi connectivity index (χ3v) is 10.8. The van der Waals surface area contributed by atoms with Gasteiger partial charge in [0.1, 0.15) is 17.8 Å². The van der Waals surface area contributed by atoms with Crippen molar-refractivity contribution < 1.29 is 33.7 Å². The molecule has 10 nitrogen and oxygen atoms in total. The molecule has 1 aromatic carbocycles. The standard InChI is InChI=1S/C36H51Br4N3O7/c1-24(2)14-11-9-7-5-4-6-8-10-12-15-30(44)41-18-16-25-20-26(37)33(27(38)21-25)48-19-13-17-42-35(46)31-34(45)36(50-43-31)22-28(39)32(47-3)29(40)23-49-36/h20-21,23-24,34,45H,4-19,22H2,1-3H3,(H,41,44)(H,42,46)/t34-,36-/m1/s1. The number of carbonyl (C=O) groups is 2. The lowest BCUT2D eigenvalue weighted by Crippen LogP contribution is -2.49. The van der Waals surface area contributed by atoms with Crippen LogP contribution in [0.4, 0.5) is 0 Å². The molecule has 2 aliphatic rings. The molecule has 2 aliphatic heterocycles. The molecule has 1 spiro atoms. The molecule has 0 radical (unpaired) electrons. The SMILES string of the molecule is COC1=C(Br)C[C@@]2(OC=C1Br)ON=C(C(=O)NCCCOc1c(Br)cc(CCNC(=O)CCCCCCCCCCCC(C)C)cc1Br)[C@H]2O. The van der Waals surface area contributed by atoms with Gasteiger partial charge >= 0.3 is 5.79 Å². The fourth-order valence-corrected chi connectivity index (χ4v) is 8.68. The van der Waals surface area contributed by atoms with Crippen molar-refractivity contribution in [2.24, 2.45) is 11.1 Å². The molecular weight excluding hydrogens is 906 g/mol. The highest BCUT2D eigenvalue weighted by molar-refractivity contribution is 9.12. The first kappa shape index (κ1) is 42.8. The molecule has 50 heavy (non-hydrogen) atoms. The van der Waals surface area contributed by atoms with Gasteiger partial charge in [-0.1, -0.05) is 92.7 Å². The second-order valence-electron chi connectivity index (χ2n) is 13.0. The summed E-state index contributed by atoms with van der Waals surface area (Å²) in [5, 5.41) is 20.5. The van der Waals surface area contributed by atoms with Gasteiger partial charge in [0.05, 0.1) is 33.6 Å². The summed E-state index contributed by atoms with van der Waals surface area (Å²) in [5.41, 5.74) is 0.878. The second kappa shape index (κ2) is 22.5. The normalized spacial score (nSPS) is 18.7. The van der Waals surface area contributed by atoms with Crippen LogP contribution in [0.25, 0.3) is 0 Å². The average Bonchev–Trinajstić information content (AvgIpc) is 3.31. The smallest absolute Gasteiger partial charge is 0.311 e. The minimum Gasteiger partial charge on any atom is -0.495 e. The Balaban J connectivity index is 1.28. The summed E-state index contributed by atoms with van der Waals surface area (Å²) in [7, 11) is 1.51. The number of nitrogens with zero attached hydrogens (tertiary/aromatic N) is 1. The lowest BCUT2D eigenvalue weighted by molar-refractivity contribution is -0.225. The Morgan fingerprint density at radius 1 is 0.960 bits per heavy atom. The second-order valence-corrected chi connectivity index (χ2v) is 16.6. The third kappa shape index (κ3) is 13.7. The molecule has 3 rings (SSSR count). The van der Waals surface area contributed by atoms with Crippen molar-refractivity contribution in [3.63, 3.8) is 0 Å². The Hall–Kier alpha value is -1.61. The summed E-state index contributed by atoms with van der Waals surface area (Å²) in [6.07, 6.45) is 14.3. The fraction of sp³-hybridized carbons (Fsp3) is 0.639. The van der Waals surface area contributed by atoms with E-state index in [1.165, 1.54) is 64.7 Å². The Morgan fingerprint density at radius 2 is 1.60 bits per heavy atom. The maximum atomic E-state index is 12.8. The molecule has 0 aromatic heterocycles. The highest BCUT2D eigenvalue weighted by Crippen LogP contribution is 2.41. The predicted molar refractivity (Wildman–Crippen MR) is 210 cm³/mol. The number of aliphatic hydroxyl groups is 1. The molecule has 0 fully saturated rings. The number of allylic oxidation sites excluding steroid dienone is 1. The minimum absolute atomic E-state index is 0.0629. The molecular formula is C36H51Br4N3O7. The van der Waals surface area contributed by atoms with Gasteiger partial charge in [0.2, 0.25) is 5.91 Å². The maximum absolute atomic E-state index is 12.8. The van der Waals surface area contributed by atoms with Crippen LogP contribution in [-0.2, 0) is 30.3 Å². The van der Waals surface area contributed by atoms with Crippen molar-refractivity contribution in [1.29, 1.82) is 0 Å². The van der Waals surface area contributed by atoms with Crippen LogP contribution in [0.3, 0.4) is 0 Å². The van der Waals surface area contributed by atoms with Gasteiger partial charge in [-0.05, 0) is 90.7 Å². The van der Waals surface area contributed by atoms with E-state index in [0.29, 0.717) is 52.9 Å². The molecule has 0 saturated heterocycles. The molecule has 280 valence electrons. The Bertz CT molecular complexity index is 1350. The molecule has 0 aliphatic carbocycles. The molecule has 0 bridgehead atoms. The van der Waals surface area contributed by atoms with Crippen LogP contribution in [0, 0.1) is 5.92 Å². The van der Waals surface area contributed by atoms with Gasteiger partial charge in [-0.3, -0.25) is 9.59 Å². The van der Waals surface area contributed by atoms with E-state index in [4.69, 9.17) is 19.0 Å². The molecule has 2 atom stereocenters. The number of unbranched alkanes of at least 4 members (excludes halogenated alkanes) is 8. The van der Waals surface area contributed by atoms with Crippen LogP contribution in [0.5, 0.6) is 5.75 Å². The average molecular weight is 957 g/mol. The number of nitrogens with one attached hydrogen (secondary N) is 2. The number of carbonyl (C=O) groups excluding carboxylic acids is 2. The third-order valence-electron chi connectivity index (χ3n) is 8.47. The summed E-state index contributed by atoms with van der Waals surface area (Å²) in [6, 6.07) is 3.97. The number of rotatable bonds is 22. The first-order chi connectivity index (χ1) is 24.0. The molecule has 1 aromatic rings. The summed E-state index contributed by atoms with van der Waals surface area (Å²) >= 11 is 14.0. The van der Waals surface area contributed by atoms with Crippen molar-refractivity contribution in [2.45, 2.75) is 116 Å². The zero-order valence-electron chi connectivity index (χ0n) is 29.3. The number of halogens is 4. The van der Waals surface area contributed by atoms with E-state index in [-0.39, 0.29) is 24.6 Å². The first-order valence-electron chi connectivity index (χ1n) is 17.5. The van der Waals surface area contributed by atoms with Crippen LogP contribution in [0.15, 0.2) is 47.2 Å². The molecule has 2 amide bonds. The van der Waals surface area contributed by atoms with E-state index >= 15 is 0 Å². The van der Waals surface area contributed by atoms with Crippen molar-refractivity contribution in [1.82, 2.24) is 10.6 Å². The van der Waals surface area contributed by atoms with Crippen LogP contribution in [-0.4, -0.2) is 61.3 Å². The first-order valence-corrected chi connectivity index (χ1v) is 20.7. The number of amides is 2. The highest BCUT2D eigenvalue weighted by Gasteiger charge is 2.54. The van der Waals surface area contributed by atoms with Crippen LogP contribution in [0.1, 0.15) is 103 Å². The number of benzene rings is 1. The molecule has 3 N–H and O–H groups in total. The van der Waals surface area contributed by atoms with Crippen molar-refractivity contribution in [3.05, 3.63) is 47.6 Å². The number of hydrogen-bond donors (Lipinski definition) is 3. The van der Waals surface area contributed by atoms with Crippen molar-refractivity contribution >= 4 is 81.2 Å². The summed E-state index contributed by atoms with van der Waals surface area (Å²) in [5.74, 6) is -0.111. The lowest BCUT2D eigenvalue weighted by Gasteiger charge is -2.27. The van der Waals surface area contributed by atoms with Gasteiger partial charge < -0.3 is 34.8 Å². The summed E-state index contributed by atoms with van der Waals surface area (Å²) in [4.78, 5) is 30.6. The van der Waals surface area contributed by atoms with E-state index in [2.05, 4.69) is 93.4 Å². The topological polar surface area (TPSA) is 128 Å². The fourth-order valence-electron chi connectivity index (χ4n) is 5.64. The van der Waals surface area contributed by atoms with E-state index < -0.39 is 17.8 Å². The quantitative estimate of drug-likeness (QED) is 0.0991. The molecule has 14 heteroatoms.